The van der Waals surface area contributed by atoms with Crippen molar-refractivity contribution in [1.29, 1.82) is 5.26 Å². The van der Waals surface area contributed by atoms with Gasteiger partial charge in [0, 0.05) is 11.9 Å². The van der Waals surface area contributed by atoms with Crippen molar-refractivity contribution in [3.63, 3.8) is 0 Å². The number of ether oxygens (including phenoxy) is 3. The van der Waals surface area contributed by atoms with Crippen LogP contribution in [0.4, 0.5) is 5.69 Å². The number of benzene rings is 1. The number of methoxy groups -OCH3 is 1. The van der Waals surface area contributed by atoms with Crippen molar-refractivity contribution in [3.8, 4) is 11.8 Å². The second-order valence-corrected chi connectivity index (χ2v) is 6.24. The zero-order valence-corrected chi connectivity index (χ0v) is 14.2. The minimum Gasteiger partial charge on any atom is -0.464 e. The first-order chi connectivity index (χ1) is 12.6. The Kier molecular flexibility index (Phi) is 4.12. The lowest BCUT2D eigenvalue weighted by Gasteiger charge is -2.17. The van der Waals surface area contributed by atoms with Crippen molar-refractivity contribution in [2.24, 2.45) is 0 Å². The number of hydrogen-bond donors (Lipinski definition) is 1. The monoisotopic (exact) mass is 354 g/mol. The lowest BCUT2D eigenvalue weighted by atomic mass is 10.0. The number of esters is 1. The van der Waals surface area contributed by atoms with Gasteiger partial charge in [0.2, 0.25) is 0 Å². The number of anilines is 1. The number of carbonyl (C=O) groups is 1. The van der Waals surface area contributed by atoms with Gasteiger partial charge in [-0.3, -0.25) is 0 Å². The topological polar surface area (TPSA) is 103 Å². The van der Waals surface area contributed by atoms with E-state index in [1.54, 1.807) is 4.57 Å². The van der Waals surface area contributed by atoms with Crippen LogP contribution in [0, 0.1) is 11.3 Å². The van der Waals surface area contributed by atoms with E-state index < -0.39 is 5.97 Å². The number of nitrogens with zero attached hydrogens (tertiary/aromatic N) is 3. The maximum Gasteiger partial charge on any atom is 0.357 e. The second-order valence-electron chi connectivity index (χ2n) is 6.24. The Labute approximate surface area is 150 Å². The first-order valence-electron chi connectivity index (χ1n) is 8.17. The summed E-state index contributed by atoms with van der Waals surface area (Å²) in [6, 6.07) is 9.84. The molecule has 0 spiro atoms. The Balaban J connectivity index is 1.68. The third-order valence-corrected chi connectivity index (χ3v) is 4.83. The molecule has 0 radical (unpaired) electrons. The maximum atomic E-state index is 12.1. The Morgan fingerprint density at radius 1 is 1.35 bits per heavy atom. The fourth-order valence-corrected chi connectivity index (χ4v) is 3.45. The SMILES string of the molecule is COC(=O)c1c(N)c(C#N)cn1-c1ccc(C2OCN3COCC23)cc1. The highest BCUT2D eigenvalue weighted by Gasteiger charge is 2.40. The smallest absolute Gasteiger partial charge is 0.357 e. The van der Waals surface area contributed by atoms with Gasteiger partial charge in [-0.25, -0.2) is 9.69 Å². The molecular formula is C18H18N4O4. The predicted molar refractivity (Wildman–Crippen MR) is 91.4 cm³/mol. The Bertz CT molecular complexity index is 884. The third-order valence-electron chi connectivity index (χ3n) is 4.83. The summed E-state index contributed by atoms with van der Waals surface area (Å²) in [5.41, 5.74) is 8.16. The van der Waals surface area contributed by atoms with Crippen LogP contribution in [-0.2, 0) is 14.2 Å². The van der Waals surface area contributed by atoms with Crippen molar-refractivity contribution in [3.05, 3.63) is 47.3 Å². The van der Waals surface area contributed by atoms with Gasteiger partial charge in [0.05, 0.1) is 31.0 Å². The molecule has 2 N–H and O–H groups in total. The zero-order chi connectivity index (χ0) is 18.3. The Morgan fingerprint density at radius 3 is 2.81 bits per heavy atom. The quantitative estimate of drug-likeness (QED) is 0.831. The van der Waals surface area contributed by atoms with E-state index in [4.69, 9.17) is 19.9 Å². The van der Waals surface area contributed by atoms with Gasteiger partial charge in [0.15, 0.2) is 5.69 Å². The van der Waals surface area contributed by atoms with Gasteiger partial charge in [-0.05, 0) is 17.7 Å². The van der Waals surface area contributed by atoms with Crippen LogP contribution < -0.4 is 5.73 Å². The number of nitriles is 1. The van der Waals surface area contributed by atoms with Crippen LogP contribution >= 0.6 is 0 Å². The second kappa shape index (κ2) is 6.46. The van der Waals surface area contributed by atoms with E-state index in [9.17, 15) is 10.1 Å². The third kappa shape index (κ3) is 2.54. The van der Waals surface area contributed by atoms with Crippen molar-refractivity contribution < 1.29 is 19.0 Å². The first kappa shape index (κ1) is 16.6. The van der Waals surface area contributed by atoms with E-state index in [1.165, 1.54) is 13.3 Å². The zero-order valence-electron chi connectivity index (χ0n) is 14.2. The molecule has 1 aromatic carbocycles. The number of nitrogen functional groups attached to an aromatic ring is 1. The average Bonchev–Trinajstić information content (AvgIpc) is 3.35. The maximum absolute atomic E-state index is 12.1. The minimum absolute atomic E-state index is 0.0453. The summed E-state index contributed by atoms with van der Waals surface area (Å²) in [4.78, 5) is 14.2. The molecule has 0 bridgehead atoms. The molecule has 4 rings (SSSR count). The van der Waals surface area contributed by atoms with Crippen LogP contribution in [0.2, 0.25) is 0 Å². The number of nitrogens with two attached hydrogens (primary N) is 1. The average molecular weight is 354 g/mol. The molecule has 2 atom stereocenters. The van der Waals surface area contributed by atoms with E-state index >= 15 is 0 Å². The predicted octanol–water partition coefficient (Wildman–Crippen LogP) is 1.40. The van der Waals surface area contributed by atoms with Gasteiger partial charge in [0.1, 0.15) is 25.6 Å². The molecule has 3 heterocycles. The summed E-state index contributed by atoms with van der Waals surface area (Å²) in [7, 11) is 1.28. The highest BCUT2D eigenvalue weighted by atomic mass is 16.6. The molecule has 2 aliphatic rings. The molecule has 2 unspecified atom stereocenters. The summed E-state index contributed by atoms with van der Waals surface area (Å²) < 4.78 is 17.7. The minimum atomic E-state index is -0.592. The molecule has 2 aliphatic heterocycles. The van der Waals surface area contributed by atoms with Crippen LogP contribution in [0.25, 0.3) is 5.69 Å². The summed E-state index contributed by atoms with van der Waals surface area (Å²) in [6.45, 7) is 1.81. The van der Waals surface area contributed by atoms with Crippen molar-refractivity contribution >= 4 is 11.7 Å². The molecule has 134 valence electrons. The molecule has 1 aromatic heterocycles. The van der Waals surface area contributed by atoms with Crippen molar-refractivity contribution in [2.45, 2.75) is 12.1 Å². The van der Waals surface area contributed by atoms with Crippen LogP contribution in [0.15, 0.2) is 30.5 Å². The van der Waals surface area contributed by atoms with Crippen molar-refractivity contribution in [2.75, 3.05) is 32.9 Å². The number of aromatic nitrogens is 1. The first-order valence-corrected chi connectivity index (χ1v) is 8.17. The van der Waals surface area contributed by atoms with Gasteiger partial charge >= 0.3 is 5.97 Å². The van der Waals surface area contributed by atoms with E-state index in [2.05, 4.69) is 4.90 Å². The summed E-state index contributed by atoms with van der Waals surface area (Å²) >= 11 is 0. The number of rotatable bonds is 3. The molecule has 2 saturated heterocycles. The van der Waals surface area contributed by atoms with E-state index in [0.717, 1.165) is 5.56 Å². The van der Waals surface area contributed by atoms with Gasteiger partial charge in [-0.15, -0.1) is 0 Å². The molecule has 2 fully saturated rings. The molecule has 8 heteroatoms. The van der Waals surface area contributed by atoms with Gasteiger partial charge in [-0.2, -0.15) is 5.26 Å². The molecular weight excluding hydrogens is 336 g/mol. The number of hydrogen-bond acceptors (Lipinski definition) is 7. The lowest BCUT2D eigenvalue weighted by molar-refractivity contribution is 0.0370. The normalized spacial score (nSPS) is 22.2. The summed E-state index contributed by atoms with van der Waals surface area (Å²) in [5.74, 6) is -0.592. The molecule has 0 amide bonds. The van der Waals surface area contributed by atoms with E-state index in [0.29, 0.717) is 25.8 Å². The van der Waals surface area contributed by atoms with E-state index in [1.807, 2.05) is 30.3 Å². The Hall–Kier alpha value is -2.86. The molecule has 26 heavy (non-hydrogen) atoms. The fraction of sp³-hybridized carbons (Fsp3) is 0.333. The number of fused-ring (bicyclic) bond motifs is 1. The lowest BCUT2D eigenvalue weighted by Crippen LogP contribution is -2.27. The fourth-order valence-electron chi connectivity index (χ4n) is 3.45. The van der Waals surface area contributed by atoms with Crippen LogP contribution in [0.1, 0.15) is 27.7 Å². The largest absolute Gasteiger partial charge is 0.464 e. The molecule has 0 saturated carbocycles. The van der Waals surface area contributed by atoms with Gasteiger partial charge in [0.25, 0.3) is 0 Å². The van der Waals surface area contributed by atoms with Gasteiger partial charge < -0.3 is 24.5 Å². The highest BCUT2D eigenvalue weighted by molar-refractivity contribution is 5.95. The standard InChI is InChI=1S/C18H18N4O4/c1-24-18(23)16-15(20)12(6-19)7-22(16)13-4-2-11(3-5-13)17-14-8-25-9-21(14)10-26-17/h2-5,7,14,17H,8-10,20H2,1H3. The summed E-state index contributed by atoms with van der Waals surface area (Å²) in [5, 5.41) is 9.20. The summed E-state index contributed by atoms with van der Waals surface area (Å²) in [6.07, 6.45) is 1.49. The van der Waals surface area contributed by atoms with Crippen LogP contribution in [0.5, 0.6) is 0 Å². The number of carbonyl (C=O) groups excluding carboxylic acids is 1. The van der Waals surface area contributed by atoms with Crippen LogP contribution in [0.3, 0.4) is 0 Å². The molecule has 0 aliphatic carbocycles. The highest BCUT2D eigenvalue weighted by Crippen LogP contribution is 2.34. The molecule has 2 aromatic rings. The van der Waals surface area contributed by atoms with Gasteiger partial charge in [-0.1, -0.05) is 12.1 Å². The van der Waals surface area contributed by atoms with Crippen LogP contribution in [-0.4, -0.2) is 48.7 Å². The Morgan fingerprint density at radius 2 is 2.12 bits per heavy atom. The van der Waals surface area contributed by atoms with Crippen molar-refractivity contribution in [1.82, 2.24) is 9.47 Å². The molecule has 8 nitrogen and oxygen atoms in total. The van der Waals surface area contributed by atoms with E-state index in [-0.39, 0.29) is 29.1 Å².